The molecule has 0 saturated carbocycles. The number of hydrogen-bond acceptors (Lipinski definition) is 5. The fourth-order valence-electron chi connectivity index (χ4n) is 2.21. The molecule has 1 N–H and O–H groups in total. The van der Waals surface area contributed by atoms with Crippen LogP contribution in [0.15, 0.2) is 46.4 Å². The Bertz CT molecular complexity index is 959. The molecule has 0 aliphatic rings. The quantitative estimate of drug-likeness (QED) is 0.387. The first-order chi connectivity index (χ1) is 13.3. The van der Waals surface area contributed by atoms with Crippen LogP contribution in [-0.4, -0.2) is 25.6 Å². The van der Waals surface area contributed by atoms with Gasteiger partial charge in [0.15, 0.2) is 12.4 Å². The van der Waals surface area contributed by atoms with Gasteiger partial charge >= 0.3 is 5.97 Å². The summed E-state index contributed by atoms with van der Waals surface area (Å²) in [4.78, 5) is 23.6. The third kappa shape index (κ3) is 5.59. The van der Waals surface area contributed by atoms with E-state index in [1.165, 1.54) is 19.3 Å². The molecule has 0 aromatic heterocycles. The topological polar surface area (TPSA) is 88.4 Å². The Morgan fingerprint density at radius 3 is 2.64 bits per heavy atom. The van der Waals surface area contributed by atoms with Crippen molar-refractivity contribution in [2.45, 2.75) is 6.92 Å². The number of nitriles is 1. The molecule has 2 aromatic carbocycles. The van der Waals surface area contributed by atoms with Crippen LogP contribution in [0.25, 0.3) is 6.08 Å². The smallest absolute Gasteiger partial charge is 0.343 e. The van der Waals surface area contributed by atoms with Crippen molar-refractivity contribution < 1.29 is 19.1 Å². The summed E-state index contributed by atoms with van der Waals surface area (Å²) in [6.07, 6.45) is 1.41. The summed E-state index contributed by atoms with van der Waals surface area (Å²) in [5.74, 6) is -0.825. The van der Waals surface area contributed by atoms with Gasteiger partial charge in [0.25, 0.3) is 5.91 Å². The van der Waals surface area contributed by atoms with Crippen LogP contribution < -0.4 is 10.1 Å². The van der Waals surface area contributed by atoms with Gasteiger partial charge in [0.2, 0.25) is 0 Å². The summed E-state index contributed by atoms with van der Waals surface area (Å²) < 4.78 is 10.3. The van der Waals surface area contributed by atoms with E-state index in [9.17, 15) is 14.9 Å². The first-order valence-electron chi connectivity index (χ1n) is 8.03. The molecule has 28 heavy (non-hydrogen) atoms. The Hall–Kier alpha value is -2.82. The molecule has 8 heteroatoms. The number of aryl methyl sites for hydroxylation is 1. The molecule has 0 spiro atoms. The van der Waals surface area contributed by atoms with Gasteiger partial charge in [0.1, 0.15) is 11.6 Å². The number of carbonyl (C=O) groups is 2. The minimum absolute atomic E-state index is 0.0885. The van der Waals surface area contributed by atoms with Crippen molar-refractivity contribution in [1.82, 2.24) is 0 Å². The van der Waals surface area contributed by atoms with Crippen LogP contribution in [0.2, 0.25) is 5.02 Å². The lowest BCUT2D eigenvalue weighted by Gasteiger charge is -2.10. The molecule has 0 heterocycles. The monoisotopic (exact) mass is 462 g/mol. The molecule has 0 unspecified atom stereocenters. The highest BCUT2D eigenvalue weighted by molar-refractivity contribution is 9.10. The van der Waals surface area contributed by atoms with Gasteiger partial charge in [-0.2, -0.15) is 5.26 Å². The van der Waals surface area contributed by atoms with Crippen LogP contribution in [0.3, 0.4) is 0 Å². The second-order valence-corrected chi connectivity index (χ2v) is 6.88. The van der Waals surface area contributed by atoms with Crippen molar-refractivity contribution in [2.24, 2.45) is 0 Å². The normalized spacial score (nSPS) is 10.8. The number of para-hydroxylation sites is 1. The molecular weight excluding hydrogens is 448 g/mol. The van der Waals surface area contributed by atoms with E-state index in [0.29, 0.717) is 15.7 Å². The summed E-state index contributed by atoms with van der Waals surface area (Å²) in [6.45, 7) is 1.56. The zero-order chi connectivity index (χ0) is 20.7. The summed E-state index contributed by atoms with van der Waals surface area (Å²) in [6, 6.07) is 12.3. The third-order valence-electron chi connectivity index (χ3n) is 3.65. The minimum Gasteiger partial charge on any atom is -0.479 e. The molecule has 0 radical (unpaired) electrons. The Balaban J connectivity index is 2.24. The molecule has 144 valence electrons. The highest BCUT2D eigenvalue weighted by atomic mass is 79.9. The van der Waals surface area contributed by atoms with Crippen molar-refractivity contribution >= 4 is 51.2 Å². The van der Waals surface area contributed by atoms with Gasteiger partial charge in [-0.3, -0.25) is 4.79 Å². The van der Waals surface area contributed by atoms with Crippen LogP contribution in [0.5, 0.6) is 5.75 Å². The average Bonchev–Trinajstić information content (AvgIpc) is 2.66. The van der Waals surface area contributed by atoms with Crippen LogP contribution in [-0.2, 0) is 14.3 Å². The SMILES string of the molecule is COC(=O)COc1c(Cl)cc(/C=C(/C#N)C(=O)Nc2ccccc2C)cc1Br. The second-order valence-electron chi connectivity index (χ2n) is 5.62. The number of nitrogens with one attached hydrogen (secondary N) is 1. The van der Waals surface area contributed by atoms with Crippen LogP contribution in [0, 0.1) is 18.3 Å². The summed E-state index contributed by atoms with van der Waals surface area (Å²) in [7, 11) is 1.25. The minimum atomic E-state index is -0.549. The molecule has 2 rings (SSSR count). The molecule has 0 saturated heterocycles. The first-order valence-corrected chi connectivity index (χ1v) is 9.20. The van der Waals surface area contributed by atoms with Crippen LogP contribution >= 0.6 is 27.5 Å². The molecule has 1 amide bonds. The largest absolute Gasteiger partial charge is 0.479 e. The molecule has 0 bridgehead atoms. The molecule has 0 aliphatic carbocycles. The second kappa shape index (κ2) is 9.93. The van der Waals surface area contributed by atoms with Gasteiger partial charge in [0, 0.05) is 5.69 Å². The van der Waals surface area contributed by atoms with E-state index in [1.807, 2.05) is 25.1 Å². The molecule has 2 aromatic rings. The highest BCUT2D eigenvalue weighted by Gasteiger charge is 2.14. The third-order valence-corrected chi connectivity index (χ3v) is 4.52. The van der Waals surface area contributed by atoms with Crippen molar-refractivity contribution in [3.63, 3.8) is 0 Å². The number of carbonyl (C=O) groups excluding carboxylic acids is 2. The fraction of sp³-hybridized carbons (Fsp3) is 0.150. The Morgan fingerprint density at radius 2 is 2.04 bits per heavy atom. The zero-order valence-corrected chi connectivity index (χ0v) is 17.4. The van der Waals surface area contributed by atoms with Gasteiger partial charge in [-0.05, 0) is 58.3 Å². The molecule has 6 nitrogen and oxygen atoms in total. The van der Waals surface area contributed by atoms with Crippen LogP contribution in [0.4, 0.5) is 5.69 Å². The Kier molecular flexibility index (Phi) is 7.61. The molecular formula is C20H16BrClN2O4. The molecule has 0 atom stereocenters. The number of amides is 1. The van der Waals surface area contributed by atoms with E-state index >= 15 is 0 Å². The molecule has 0 fully saturated rings. The maximum absolute atomic E-state index is 12.4. The van der Waals surface area contributed by atoms with E-state index in [1.54, 1.807) is 18.2 Å². The number of rotatable bonds is 6. The fourth-order valence-corrected chi connectivity index (χ4v) is 3.20. The zero-order valence-electron chi connectivity index (χ0n) is 15.1. The van der Waals surface area contributed by atoms with E-state index in [0.717, 1.165) is 5.56 Å². The van der Waals surface area contributed by atoms with Gasteiger partial charge in [-0.1, -0.05) is 29.8 Å². The van der Waals surface area contributed by atoms with E-state index in [-0.39, 0.29) is 23.0 Å². The van der Waals surface area contributed by atoms with E-state index in [2.05, 4.69) is 26.0 Å². The lowest BCUT2D eigenvalue weighted by Crippen LogP contribution is -2.14. The predicted octanol–water partition coefficient (Wildman–Crippen LogP) is 4.51. The lowest BCUT2D eigenvalue weighted by molar-refractivity contribution is -0.142. The van der Waals surface area contributed by atoms with Gasteiger partial charge in [-0.25, -0.2) is 4.79 Å². The number of hydrogen-bond donors (Lipinski definition) is 1. The maximum Gasteiger partial charge on any atom is 0.343 e. The highest BCUT2D eigenvalue weighted by Crippen LogP contribution is 2.35. The number of ether oxygens (including phenoxy) is 2. The van der Waals surface area contributed by atoms with Gasteiger partial charge < -0.3 is 14.8 Å². The maximum atomic E-state index is 12.4. The van der Waals surface area contributed by atoms with Gasteiger partial charge in [0.05, 0.1) is 16.6 Å². The Labute approximate surface area is 175 Å². The predicted molar refractivity (Wildman–Crippen MR) is 110 cm³/mol. The molecule has 0 aliphatic heterocycles. The number of methoxy groups -OCH3 is 1. The van der Waals surface area contributed by atoms with Crippen LogP contribution in [0.1, 0.15) is 11.1 Å². The summed E-state index contributed by atoms with van der Waals surface area (Å²) >= 11 is 9.51. The lowest BCUT2D eigenvalue weighted by atomic mass is 10.1. The summed E-state index contributed by atoms with van der Waals surface area (Å²) in [5, 5.41) is 12.3. The van der Waals surface area contributed by atoms with Crippen molar-refractivity contribution in [3.8, 4) is 11.8 Å². The van der Waals surface area contributed by atoms with E-state index in [4.69, 9.17) is 16.3 Å². The number of anilines is 1. The number of benzene rings is 2. The standard InChI is InChI=1S/C20H16BrClN2O4/c1-12-5-3-4-6-17(12)24-20(26)14(10-23)7-13-8-15(21)19(16(22)9-13)28-11-18(25)27-2/h3-9H,11H2,1-2H3,(H,24,26)/b14-7-. The van der Waals surface area contributed by atoms with Crippen molar-refractivity contribution in [3.05, 3.63) is 62.6 Å². The van der Waals surface area contributed by atoms with Gasteiger partial charge in [-0.15, -0.1) is 0 Å². The Morgan fingerprint density at radius 1 is 1.32 bits per heavy atom. The van der Waals surface area contributed by atoms with Crippen molar-refractivity contribution in [2.75, 3.05) is 19.0 Å². The summed E-state index contributed by atoms with van der Waals surface area (Å²) in [5.41, 5.74) is 1.93. The number of esters is 1. The average molecular weight is 464 g/mol. The van der Waals surface area contributed by atoms with Crippen molar-refractivity contribution in [1.29, 1.82) is 5.26 Å². The number of nitrogens with zero attached hydrogens (tertiary/aromatic N) is 1. The number of halogens is 2. The van der Waals surface area contributed by atoms with E-state index < -0.39 is 11.9 Å². The first kappa shape index (κ1) is 21.5.